The van der Waals surface area contributed by atoms with Crippen LogP contribution in [0.15, 0.2) is 18.2 Å². The second-order valence-electron chi connectivity index (χ2n) is 7.87. The molecule has 168 valence electrons. The largest absolute Gasteiger partial charge is 0.484 e. The van der Waals surface area contributed by atoms with E-state index >= 15 is 0 Å². The number of rotatable bonds is 7. The Balaban J connectivity index is 2.53. The highest BCUT2D eigenvalue weighted by Crippen LogP contribution is 2.44. The maximum Gasteiger partial charge on any atom is 0.346 e. The molecule has 1 heterocycles. The molecular formula is C20H29NO8S. The van der Waals surface area contributed by atoms with Gasteiger partial charge in [-0.15, -0.1) is 0 Å². The Bertz CT molecular complexity index is 896. The molecule has 0 saturated heterocycles. The van der Waals surface area contributed by atoms with Crippen LogP contribution in [0, 0.1) is 5.92 Å². The van der Waals surface area contributed by atoms with Crippen LogP contribution in [-0.2, 0) is 29.2 Å². The lowest BCUT2D eigenvalue weighted by atomic mass is 9.97. The van der Waals surface area contributed by atoms with Gasteiger partial charge in [-0.05, 0) is 30.4 Å². The van der Waals surface area contributed by atoms with Crippen LogP contribution in [0.2, 0.25) is 0 Å². The Morgan fingerprint density at radius 1 is 1.20 bits per heavy atom. The lowest BCUT2D eigenvalue weighted by Crippen LogP contribution is -2.57. The summed E-state index contributed by atoms with van der Waals surface area (Å²) in [5.74, 6) is -1.34. The normalized spacial score (nSPS) is 19.8. The van der Waals surface area contributed by atoms with E-state index in [9.17, 15) is 22.6 Å². The smallest absolute Gasteiger partial charge is 0.346 e. The highest BCUT2D eigenvalue weighted by Gasteiger charge is 2.47. The standard InChI is InChI=1S/C20H29NO8S/c1-11(2)14-8-7-9-15-18(14)29-17(12(3)4)19(30(24,25)26)21(15)10-16(22)28-13(5)20(23)27-6/h7-9,11-13,17,19H,10H2,1-6H3,(H,24,25,26)/t13?,17-,19?/m0/s1. The van der Waals surface area contributed by atoms with Crippen molar-refractivity contribution in [2.24, 2.45) is 5.92 Å². The van der Waals surface area contributed by atoms with Crippen molar-refractivity contribution in [2.45, 2.75) is 58.1 Å². The van der Waals surface area contributed by atoms with Crippen molar-refractivity contribution in [2.75, 3.05) is 18.6 Å². The molecule has 3 atom stereocenters. The number of hydrogen-bond acceptors (Lipinski definition) is 8. The fourth-order valence-corrected chi connectivity index (χ4v) is 4.64. The van der Waals surface area contributed by atoms with E-state index in [1.165, 1.54) is 18.9 Å². The third-order valence-corrected chi connectivity index (χ3v) is 6.03. The molecule has 0 spiro atoms. The van der Waals surface area contributed by atoms with E-state index in [0.717, 1.165) is 5.56 Å². The number of carbonyl (C=O) groups is 2. The molecule has 9 nitrogen and oxygen atoms in total. The minimum Gasteiger partial charge on any atom is -0.484 e. The van der Waals surface area contributed by atoms with Gasteiger partial charge in [0.2, 0.25) is 0 Å². The van der Waals surface area contributed by atoms with Crippen LogP contribution in [0.4, 0.5) is 5.69 Å². The van der Waals surface area contributed by atoms with Gasteiger partial charge in [0.05, 0.1) is 12.8 Å². The van der Waals surface area contributed by atoms with Gasteiger partial charge < -0.3 is 19.1 Å². The first kappa shape index (κ1) is 23.9. The highest BCUT2D eigenvalue weighted by atomic mass is 32.2. The predicted molar refractivity (Wildman–Crippen MR) is 110 cm³/mol. The number of carbonyl (C=O) groups excluding carboxylic acids is 2. The average molecular weight is 444 g/mol. The van der Waals surface area contributed by atoms with Crippen molar-refractivity contribution in [1.82, 2.24) is 0 Å². The van der Waals surface area contributed by atoms with Crippen LogP contribution in [0.3, 0.4) is 0 Å². The second kappa shape index (κ2) is 9.22. The molecule has 1 aliphatic heterocycles. The van der Waals surface area contributed by atoms with Gasteiger partial charge >= 0.3 is 11.9 Å². The lowest BCUT2D eigenvalue weighted by Gasteiger charge is -2.43. The van der Waals surface area contributed by atoms with Gasteiger partial charge in [0.1, 0.15) is 18.4 Å². The first-order valence-electron chi connectivity index (χ1n) is 9.68. The van der Waals surface area contributed by atoms with Crippen molar-refractivity contribution in [3.63, 3.8) is 0 Å². The van der Waals surface area contributed by atoms with Gasteiger partial charge in [0.25, 0.3) is 10.1 Å². The first-order chi connectivity index (χ1) is 13.9. The van der Waals surface area contributed by atoms with Crippen LogP contribution in [-0.4, -0.2) is 56.1 Å². The molecule has 0 saturated carbocycles. The van der Waals surface area contributed by atoms with Gasteiger partial charge in [-0.3, -0.25) is 9.35 Å². The number of para-hydroxylation sites is 1. The van der Waals surface area contributed by atoms with Crippen LogP contribution < -0.4 is 9.64 Å². The summed E-state index contributed by atoms with van der Waals surface area (Å²) in [7, 11) is -3.47. The monoisotopic (exact) mass is 443 g/mol. The van der Waals surface area contributed by atoms with Gasteiger partial charge in [-0.1, -0.05) is 39.8 Å². The average Bonchev–Trinajstić information content (AvgIpc) is 2.64. The summed E-state index contributed by atoms with van der Waals surface area (Å²) in [5.41, 5.74) is 1.19. The number of nitrogens with zero attached hydrogens (tertiary/aromatic N) is 1. The van der Waals surface area contributed by atoms with Gasteiger partial charge in [-0.25, -0.2) is 4.79 Å². The molecule has 10 heteroatoms. The molecule has 1 aliphatic rings. The minimum atomic E-state index is -4.64. The Hall–Kier alpha value is -2.33. The van der Waals surface area contributed by atoms with Crippen molar-refractivity contribution < 1.29 is 36.8 Å². The topological polar surface area (TPSA) is 119 Å². The molecule has 2 unspecified atom stereocenters. The fourth-order valence-electron chi connectivity index (χ4n) is 3.42. The molecule has 0 fully saturated rings. The molecule has 1 aromatic carbocycles. The van der Waals surface area contributed by atoms with Crippen molar-refractivity contribution in [1.29, 1.82) is 0 Å². The number of methoxy groups -OCH3 is 1. The SMILES string of the molecule is COC(=O)C(C)OC(=O)CN1c2cccc(C(C)C)c2O[C@@H](C(C)C)C1S(=O)(=O)O. The molecule has 1 N–H and O–H groups in total. The van der Waals surface area contributed by atoms with Gasteiger partial charge in [-0.2, -0.15) is 8.42 Å². The summed E-state index contributed by atoms with van der Waals surface area (Å²) in [4.78, 5) is 25.3. The van der Waals surface area contributed by atoms with E-state index in [-0.39, 0.29) is 11.8 Å². The van der Waals surface area contributed by atoms with Gasteiger partial charge in [0.15, 0.2) is 11.5 Å². The quantitative estimate of drug-likeness (QED) is 0.500. The Morgan fingerprint density at radius 2 is 1.83 bits per heavy atom. The van der Waals surface area contributed by atoms with Crippen molar-refractivity contribution >= 4 is 27.7 Å². The predicted octanol–water partition coefficient (Wildman–Crippen LogP) is 2.35. The lowest BCUT2D eigenvalue weighted by molar-refractivity contribution is -0.163. The van der Waals surface area contributed by atoms with Crippen LogP contribution in [0.5, 0.6) is 5.75 Å². The second-order valence-corrected chi connectivity index (χ2v) is 9.38. The van der Waals surface area contributed by atoms with E-state index in [1.807, 2.05) is 19.9 Å². The zero-order valence-electron chi connectivity index (χ0n) is 18.0. The highest BCUT2D eigenvalue weighted by molar-refractivity contribution is 7.86. The van der Waals surface area contributed by atoms with Crippen LogP contribution >= 0.6 is 0 Å². The summed E-state index contributed by atoms with van der Waals surface area (Å²) in [6.07, 6.45) is -2.09. The minimum absolute atomic E-state index is 0.0724. The summed E-state index contributed by atoms with van der Waals surface area (Å²) in [5, 5.41) is -1.52. The molecular weight excluding hydrogens is 414 g/mol. The number of esters is 2. The Kier molecular flexibility index (Phi) is 7.36. The third kappa shape index (κ3) is 5.04. The van der Waals surface area contributed by atoms with Crippen molar-refractivity contribution in [3.8, 4) is 5.75 Å². The Labute approximate surface area is 177 Å². The van der Waals surface area contributed by atoms with E-state index in [0.29, 0.717) is 11.4 Å². The molecule has 1 aromatic rings. The third-order valence-electron chi connectivity index (χ3n) is 4.90. The Morgan fingerprint density at radius 3 is 2.33 bits per heavy atom. The number of benzene rings is 1. The van der Waals surface area contributed by atoms with Gasteiger partial charge in [0, 0.05) is 0 Å². The fraction of sp³-hybridized carbons (Fsp3) is 0.600. The number of fused-ring (bicyclic) bond motifs is 1. The zero-order chi connectivity index (χ0) is 22.8. The van der Waals surface area contributed by atoms with E-state index < -0.39 is 46.2 Å². The van der Waals surface area contributed by atoms with E-state index in [1.54, 1.807) is 26.0 Å². The number of ether oxygens (including phenoxy) is 3. The number of hydrogen-bond donors (Lipinski definition) is 1. The summed E-state index contributed by atoms with van der Waals surface area (Å²) >= 11 is 0. The van der Waals surface area contributed by atoms with E-state index in [4.69, 9.17) is 9.47 Å². The van der Waals surface area contributed by atoms with Crippen LogP contribution in [0.1, 0.15) is 46.1 Å². The molecule has 2 rings (SSSR count). The molecule has 0 amide bonds. The summed E-state index contributed by atoms with van der Waals surface area (Å²) in [6.45, 7) is 8.31. The summed E-state index contributed by atoms with van der Waals surface area (Å²) in [6, 6.07) is 5.21. The van der Waals surface area contributed by atoms with E-state index in [2.05, 4.69) is 4.74 Å². The molecule has 0 aliphatic carbocycles. The molecule has 0 bridgehead atoms. The maximum absolute atomic E-state index is 12.5. The molecule has 30 heavy (non-hydrogen) atoms. The van der Waals surface area contributed by atoms with Crippen LogP contribution in [0.25, 0.3) is 0 Å². The maximum atomic E-state index is 12.5. The summed E-state index contributed by atoms with van der Waals surface area (Å²) < 4.78 is 50.3. The zero-order valence-corrected chi connectivity index (χ0v) is 18.8. The number of anilines is 1. The molecule has 0 radical (unpaired) electrons. The molecule has 0 aromatic heterocycles. The first-order valence-corrected chi connectivity index (χ1v) is 11.2. The van der Waals surface area contributed by atoms with Crippen molar-refractivity contribution in [3.05, 3.63) is 23.8 Å².